The third-order valence-electron chi connectivity index (χ3n) is 2.62. The van der Waals surface area contributed by atoms with Crippen LogP contribution in [0, 0.1) is 23.3 Å². The Balaban J connectivity index is 1.79. The Morgan fingerprint density at radius 3 is 2.50 bits per heavy atom. The molecule has 0 saturated heterocycles. The zero-order valence-corrected chi connectivity index (χ0v) is 11.5. The largest absolute Gasteiger partial charge is 0.477 e. The molecule has 2 heterocycles. The molecule has 0 fully saturated rings. The fourth-order valence-electron chi connectivity index (χ4n) is 1.63. The molecule has 9 heteroatoms. The van der Waals surface area contributed by atoms with E-state index in [1.54, 1.807) is 12.1 Å². The molecule has 0 spiro atoms. The molecule has 3 rings (SSSR count). The standard InChI is InChI=1S/C13H6F4N2O2S/c14-6-4-7(15)11(17)12(10(6)16)20-5-9-18-13(19-21-9)8-2-1-3-22-8/h1-4H,5H2. The van der Waals surface area contributed by atoms with E-state index in [1.807, 2.05) is 5.38 Å². The maximum Gasteiger partial charge on any atom is 0.264 e. The zero-order valence-electron chi connectivity index (χ0n) is 10.6. The molecular formula is C13H6F4N2O2S. The van der Waals surface area contributed by atoms with Crippen LogP contribution in [0.5, 0.6) is 5.75 Å². The molecule has 4 nitrogen and oxygen atoms in total. The van der Waals surface area contributed by atoms with Gasteiger partial charge in [-0.15, -0.1) is 11.3 Å². The van der Waals surface area contributed by atoms with Gasteiger partial charge in [0.2, 0.25) is 17.5 Å². The molecule has 1 aromatic carbocycles. The van der Waals surface area contributed by atoms with E-state index >= 15 is 0 Å². The van der Waals surface area contributed by atoms with E-state index in [0.29, 0.717) is 0 Å². The second-order valence-corrected chi connectivity index (χ2v) is 5.02. The van der Waals surface area contributed by atoms with Crippen LogP contribution in [0.15, 0.2) is 28.1 Å². The summed E-state index contributed by atoms with van der Waals surface area (Å²) in [5, 5.41) is 5.47. The van der Waals surface area contributed by atoms with Crippen LogP contribution in [0.3, 0.4) is 0 Å². The van der Waals surface area contributed by atoms with Gasteiger partial charge in [-0.05, 0) is 11.4 Å². The van der Waals surface area contributed by atoms with Gasteiger partial charge in [-0.25, -0.2) is 8.78 Å². The maximum atomic E-state index is 13.4. The first-order valence-electron chi connectivity index (χ1n) is 5.88. The third-order valence-corrected chi connectivity index (χ3v) is 3.49. The highest BCUT2D eigenvalue weighted by molar-refractivity contribution is 7.13. The Kier molecular flexibility index (Phi) is 3.80. The predicted octanol–water partition coefficient (Wildman–Crippen LogP) is 3.93. The fraction of sp³-hybridized carbons (Fsp3) is 0.0769. The minimum Gasteiger partial charge on any atom is -0.477 e. The molecule has 0 radical (unpaired) electrons. The van der Waals surface area contributed by atoms with Crippen molar-refractivity contribution in [2.75, 3.05) is 0 Å². The Hall–Kier alpha value is -2.42. The molecule has 0 aliphatic heterocycles. The van der Waals surface area contributed by atoms with Crippen molar-refractivity contribution in [1.82, 2.24) is 10.1 Å². The minimum absolute atomic E-state index is 0.0909. The maximum absolute atomic E-state index is 13.4. The SMILES string of the molecule is Fc1cc(F)c(F)c(OCc2nc(-c3cccs3)no2)c1F. The smallest absolute Gasteiger partial charge is 0.264 e. The van der Waals surface area contributed by atoms with Crippen LogP contribution in [0.4, 0.5) is 17.6 Å². The second-order valence-electron chi connectivity index (χ2n) is 4.08. The normalized spacial score (nSPS) is 10.9. The van der Waals surface area contributed by atoms with Crippen molar-refractivity contribution in [2.45, 2.75) is 6.61 Å². The number of rotatable bonds is 4. The van der Waals surface area contributed by atoms with Crippen molar-refractivity contribution in [3.05, 3.63) is 52.7 Å². The average Bonchev–Trinajstić information content (AvgIpc) is 3.16. The Morgan fingerprint density at radius 1 is 1.14 bits per heavy atom. The summed E-state index contributed by atoms with van der Waals surface area (Å²) >= 11 is 1.37. The number of hydrogen-bond donors (Lipinski definition) is 0. The van der Waals surface area contributed by atoms with Gasteiger partial charge in [-0.3, -0.25) is 0 Å². The molecule has 0 unspecified atom stereocenters. The molecule has 0 saturated carbocycles. The summed E-state index contributed by atoms with van der Waals surface area (Å²) in [5.74, 6) is -7.36. The van der Waals surface area contributed by atoms with Crippen LogP contribution in [-0.2, 0) is 6.61 Å². The van der Waals surface area contributed by atoms with E-state index in [1.165, 1.54) is 11.3 Å². The van der Waals surface area contributed by atoms with Gasteiger partial charge in [0.25, 0.3) is 5.89 Å². The second kappa shape index (κ2) is 5.76. The minimum atomic E-state index is -1.63. The number of halogens is 4. The fourth-order valence-corrected chi connectivity index (χ4v) is 2.28. The topological polar surface area (TPSA) is 48.2 Å². The highest BCUT2D eigenvalue weighted by atomic mass is 32.1. The van der Waals surface area contributed by atoms with Crippen molar-refractivity contribution in [3.63, 3.8) is 0 Å². The molecule has 0 N–H and O–H groups in total. The number of benzene rings is 1. The van der Waals surface area contributed by atoms with Crippen molar-refractivity contribution >= 4 is 11.3 Å². The summed E-state index contributed by atoms with van der Waals surface area (Å²) in [4.78, 5) is 4.67. The first-order valence-corrected chi connectivity index (χ1v) is 6.76. The van der Waals surface area contributed by atoms with E-state index in [-0.39, 0.29) is 17.8 Å². The molecule has 114 valence electrons. The monoisotopic (exact) mass is 330 g/mol. The van der Waals surface area contributed by atoms with E-state index in [2.05, 4.69) is 10.1 Å². The van der Waals surface area contributed by atoms with Crippen molar-refractivity contribution in [1.29, 1.82) is 0 Å². The quantitative estimate of drug-likeness (QED) is 0.537. The van der Waals surface area contributed by atoms with Crippen LogP contribution < -0.4 is 4.74 Å². The number of thiophene rings is 1. The lowest BCUT2D eigenvalue weighted by molar-refractivity contribution is 0.218. The van der Waals surface area contributed by atoms with Crippen LogP contribution in [0.2, 0.25) is 0 Å². The summed E-state index contributed by atoms with van der Waals surface area (Å²) in [6.45, 7) is -0.533. The first-order chi connectivity index (χ1) is 10.6. The molecule has 0 aliphatic carbocycles. The van der Waals surface area contributed by atoms with Gasteiger partial charge in [-0.2, -0.15) is 13.8 Å². The van der Waals surface area contributed by atoms with Crippen LogP contribution in [0.25, 0.3) is 10.7 Å². The van der Waals surface area contributed by atoms with Gasteiger partial charge < -0.3 is 9.26 Å². The van der Waals surface area contributed by atoms with E-state index in [4.69, 9.17) is 9.26 Å². The molecule has 22 heavy (non-hydrogen) atoms. The van der Waals surface area contributed by atoms with Crippen molar-refractivity contribution < 1.29 is 26.8 Å². The molecule has 0 bridgehead atoms. The number of hydrogen-bond acceptors (Lipinski definition) is 5. The van der Waals surface area contributed by atoms with Crippen molar-refractivity contribution in [3.8, 4) is 16.5 Å². The van der Waals surface area contributed by atoms with E-state index in [9.17, 15) is 17.6 Å². The molecule has 0 amide bonds. The number of aromatic nitrogens is 2. The van der Waals surface area contributed by atoms with Gasteiger partial charge in [0, 0.05) is 6.07 Å². The summed E-state index contributed by atoms with van der Waals surface area (Å²) in [5.41, 5.74) is 0. The zero-order chi connectivity index (χ0) is 15.7. The lowest BCUT2D eigenvalue weighted by atomic mass is 10.3. The molecule has 0 atom stereocenters. The lowest BCUT2D eigenvalue weighted by Gasteiger charge is -2.07. The van der Waals surface area contributed by atoms with Gasteiger partial charge in [0.05, 0.1) is 4.88 Å². The summed E-state index contributed by atoms with van der Waals surface area (Å²) < 4.78 is 62.4. The number of nitrogens with zero attached hydrogens (tertiary/aromatic N) is 2. The van der Waals surface area contributed by atoms with Gasteiger partial charge in [-0.1, -0.05) is 11.2 Å². The average molecular weight is 330 g/mol. The Labute approximate surface area is 125 Å². The van der Waals surface area contributed by atoms with E-state index in [0.717, 1.165) is 4.88 Å². The molecule has 0 aliphatic rings. The van der Waals surface area contributed by atoms with Crippen LogP contribution >= 0.6 is 11.3 Å². The van der Waals surface area contributed by atoms with Gasteiger partial charge in [0.1, 0.15) is 0 Å². The highest BCUT2D eigenvalue weighted by Crippen LogP contribution is 2.27. The third kappa shape index (κ3) is 2.67. The van der Waals surface area contributed by atoms with Crippen LogP contribution in [-0.4, -0.2) is 10.1 Å². The molecule has 3 aromatic rings. The van der Waals surface area contributed by atoms with Gasteiger partial charge >= 0.3 is 0 Å². The Morgan fingerprint density at radius 2 is 1.86 bits per heavy atom. The molecular weight excluding hydrogens is 324 g/mol. The summed E-state index contributed by atoms with van der Waals surface area (Å²) in [7, 11) is 0. The highest BCUT2D eigenvalue weighted by Gasteiger charge is 2.21. The lowest BCUT2D eigenvalue weighted by Crippen LogP contribution is -2.04. The van der Waals surface area contributed by atoms with Gasteiger partial charge in [0.15, 0.2) is 24.0 Å². The van der Waals surface area contributed by atoms with Crippen LogP contribution in [0.1, 0.15) is 5.89 Å². The van der Waals surface area contributed by atoms with Crippen molar-refractivity contribution in [2.24, 2.45) is 0 Å². The van der Waals surface area contributed by atoms with E-state index < -0.39 is 35.6 Å². The molecule has 2 aromatic heterocycles. The first kappa shape index (κ1) is 14.5. The predicted molar refractivity (Wildman–Crippen MR) is 68.2 cm³/mol. The Bertz CT molecular complexity index is 778. The summed E-state index contributed by atoms with van der Waals surface area (Å²) in [6.07, 6.45) is 0. The summed E-state index contributed by atoms with van der Waals surface area (Å²) in [6, 6.07) is 3.63. The number of ether oxygens (including phenoxy) is 1.